The smallest absolute Gasteiger partial charge is 0.0716 e. The van der Waals surface area contributed by atoms with Crippen molar-refractivity contribution in [1.82, 2.24) is 10.6 Å². The fourth-order valence-corrected chi connectivity index (χ4v) is 2.04. The lowest BCUT2D eigenvalue weighted by atomic mass is 10.1. The zero-order chi connectivity index (χ0) is 11.9. The minimum Gasteiger partial charge on any atom is -0.391 e. The summed E-state index contributed by atoms with van der Waals surface area (Å²) in [4.78, 5) is 0. The maximum atomic E-state index is 9.60. The van der Waals surface area contributed by atoms with Crippen molar-refractivity contribution in [3.63, 3.8) is 0 Å². The van der Waals surface area contributed by atoms with E-state index in [-0.39, 0.29) is 6.10 Å². The Labute approximate surface area is 103 Å². The molecule has 17 heavy (non-hydrogen) atoms. The van der Waals surface area contributed by atoms with Gasteiger partial charge in [0.05, 0.1) is 6.10 Å². The Bertz CT molecular complexity index is 350. The topological polar surface area (TPSA) is 44.3 Å². The number of benzene rings is 1. The first-order chi connectivity index (χ1) is 8.36. The molecule has 3 N–H and O–H groups in total. The second-order valence-corrected chi connectivity index (χ2v) is 4.46. The molecule has 0 radical (unpaired) electrons. The Hall–Kier alpha value is -1.16. The van der Waals surface area contributed by atoms with Gasteiger partial charge in [-0.2, -0.15) is 0 Å². The molecule has 0 spiro atoms. The third kappa shape index (κ3) is 3.97. The molecule has 0 amide bonds. The van der Waals surface area contributed by atoms with Crippen molar-refractivity contribution in [2.24, 2.45) is 5.92 Å². The van der Waals surface area contributed by atoms with Gasteiger partial charge in [0, 0.05) is 32.1 Å². The fourth-order valence-electron chi connectivity index (χ4n) is 2.04. The minimum absolute atomic E-state index is 0.194. The summed E-state index contributed by atoms with van der Waals surface area (Å²) in [5, 5.41) is 16.1. The molecule has 1 saturated heterocycles. The summed E-state index contributed by atoms with van der Waals surface area (Å²) in [7, 11) is 0. The Balaban J connectivity index is 1.65. The largest absolute Gasteiger partial charge is 0.391 e. The SMILES string of the molecule is OC1CNCC1CNC/C=C/c1ccccc1. The zero-order valence-electron chi connectivity index (χ0n) is 9.97. The van der Waals surface area contributed by atoms with Crippen LogP contribution < -0.4 is 10.6 Å². The number of rotatable bonds is 5. The highest BCUT2D eigenvalue weighted by atomic mass is 16.3. The van der Waals surface area contributed by atoms with Gasteiger partial charge in [0.25, 0.3) is 0 Å². The molecule has 3 nitrogen and oxygen atoms in total. The second kappa shape index (κ2) is 6.55. The molecule has 1 aromatic carbocycles. The molecule has 0 aromatic heterocycles. The van der Waals surface area contributed by atoms with Crippen molar-refractivity contribution in [1.29, 1.82) is 0 Å². The van der Waals surface area contributed by atoms with E-state index in [1.54, 1.807) is 0 Å². The van der Waals surface area contributed by atoms with Gasteiger partial charge in [-0.25, -0.2) is 0 Å². The summed E-state index contributed by atoms with van der Waals surface area (Å²) in [6, 6.07) is 10.3. The van der Waals surface area contributed by atoms with Gasteiger partial charge < -0.3 is 15.7 Å². The summed E-state index contributed by atoms with van der Waals surface area (Å²) in [6.45, 7) is 3.36. The maximum absolute atomic E-state index is 9.60. The Morgan fingerprint density at radius 2 is 2.12 bits per heavy atom. The van der Waals surface area contributed by atoms with E-state index < -0.39 is 0 Å². The third-order valence-corrected chi connectivity index (χ3v) is 3.08. The summed E-state index contributed by atoms with van der Waals surface area (Å²) in [6.07, 6.45) is 4.03. The van der Waals surface area contributed by atoms with E-state index in [2.05, 4.69) is 34.9 Å². The quantitative estimate of drug-likeness (QED) is 0.660. The van der Waals surface area contributed by atoms with Crippen LogP contribution in [-0.2, 0) is 0 Å². The summed E-state index contributed by atoms with van der Waals surface area (Å²) in [5.41, 5.74) is 1.22. The van der Waals surface area contributed by atoms with Crippen LogP contribution >= 0.6 is 0 Å². The van der Waals surface area contributed by atoms with Crippen LogP contribution in [0.25, 0.3) is 6.08 Å². The number of nitrogens with one attached hydrogen (secondary N) is 2. The highest BCUT2D eigenvalue weighted by molar-refractivity contribution is 5.48. The van der Waals surface area contributed by atoms with Gasteiger partial charge in [-0.3, -0.25) is 0 Å². The van der Waals surface area contributed by atoms with Crippen molar-refractivity contribution in [3.05, 3.63) is 42.0 Å². The van der Waals surface area contributed by atoms with Gasteiger partial charge in [-0.05, 0) is 5.56 Å². The summed E-state index contributed by atoms with van der Waals surface area (Å²) >= 11 is 0. The first-order valence-corrected chi connectivity index (χ1v) is 6.17. The minimum atomic E-state index is -0.194. The highest BCUT2D eigenvalue weighted by Gasteiger charge is 2.23. The Kier molecular flexibility index (Phi) is 4.74. The normalized spacial score (nSPS) is 24.5. The van der Waals surface area contributed by atoms with Gasteiger partial charge >= 0.3 is 0 Å². The van der Waals surface area contributed by atoms with Gasteiger partial charge in [0.15, 0.2) is 0 Å². The third-order valence-electron chi connectivity index (χ3n) is 3.08. The van der Waals surface area contributed by atoms with Crippen LogP contribution in [0.4, 0.5) is 0 Å². The van der Waals surface area contributed by atoms with Crippen LogP contribution in [0.1, 0.15) is 5.56 Å². The fraction of sp³-hybridized carbons (Fsp3) is 0.429. The molecule has 1 heterocycles. The molecule has 2 atom stereocenters. The van der Waals surface area contributed by atoms with E-state index >= 15 is 0 Å². The van der Waals surface area contributed by atoms with Crippen molar-refractivity contribution >= 4 is 6.08 Å². The van der Waals surface area contributed by atoms with Crippen molar-refractivity contribution < 1.29 is 5.11 Å². The molecule has 1 aliphatic heterocycles. The number of aliphatic hydroxyl groups is 1. The Morgan fingerprint density at radius 3 is 2.82 bits per heavy atom. The highest BCUT2D eigenvalue weighted by Crippen LogP contribution is 2.06. The molecule has 92 valence electrons. The lowest BCUT2D eigenvalue weighted by Crippen LogP contribution is -2.30. The van der Waals surface area contributed by atoms with Gasteiger partial charge in [0.1, 0.15) is 0 Å². The number of hydrogen-bond donors (Lipinski definition) is 3. The van der Waals surface area contributed by atoms with Gasteiger partial charge in [-0.15, -0.1) is 0 Å². The first kappa shape index (κ1) is 12.3. The molecule has 1 aliphatic rings. The predicted molar refractivity (Wildman–Crippen MR) is 70.7 cm³/mol. The van der Waals surface area contributed by atoms with Crippen LogP contribution in [0.5, 0.6) is 0 Å². The van der Waals surface area contributed by atoms with Gasteiger partial charge in [-0.1, -0.05) is 42.5 Å². The molecule has 3 heteroatoms. The molecule has 0 aliphatic carbocycles. The number of aliphatic hydroxyl groups excluding tert-OH is 1. The van der Waals surface area contributed by atoms with Crippen LogP contribution in [-0.4, -0.2) is 37.4 Å². The molecule has 2 rings (SSSR count). The zero-order valence-corrected chi connectivity index (χ0v) is 9.97. The lowest BCUT2D eigenvalue weighted by molar-refractivity contribution is 0.147. The van der Waals surface area contributed by atoms with Crippen LogP contribution in [0.3, 0.4) is 0 Å². The maximum Gasteiger partial charge on any atom is 0.0716 e. The standard InChI is InChI=1S/C14H20N2O/c17-14-11-16-10-13(14)9-15-8-4-7-12-5-2-1-3-6-12/h1-7,13-17H,8-11H2/b7-4+. The van der Waals surface area contributed by atoms with Crippen molar-refractivity contribution in [3.8, 4) is 0 Å². The van der Waals surface area contributed by atoms with E-state index in [4.69, 9.17) is 0 Å². The average molecular weight is 232 g/mol. The van der Waals surface area contributed by atoms with Gasteiger partial charge in [0.2, 0.25) is 0 Å². The average Bonchev–Trinajstić information content (AvgIpc) is 2.76. The number of hydrogen-bond acceptors (Lipinski definition) is 3. The molecule has 0 bridgehead atoms. The monoisotopic (exact) mass is 232 g/mol. The number of β-amino-alcohol motifs (C(OH)–C–C–N with tert-alkyl or cyclic N) is 1. The van der Waals surface area contributed by atoms with E-state index in [1.807, 2.05) is 18.2 Å². The molecule has 1 fully saturated rings. The first-order valence-electron chi connectivity index (χ1n) is 6.17. The molecule has 1 aromatic rings. The Morgan fingerprint density at radius 1 is 1.29 bits per heavy atom. The van der Waals surface area contributed by atoms with E-state index in [1.165, 1.54) is 5.56 Å². The molecular formula is C14H20N2O. The van der Waals surface area contributed by atoms with Crippen LogP contribution in [0.2, 0.25) is 0 Å². The van der Waals surface area contributed by atoms with Crippen molar-refractivity contribution in [2.45, 2.75) is 6.10 Å². The van der Waals surface area contributed by atoms with Crippen molar-refractivity contribution in [2.75, 3.05) is 26.2 Å². The predicted octanol–water partition coefficient (Wildman–Crippen LogP) is 0.870. The molecule has 2 unspecified atom stereocenters. The molecular weight excluding hydrogens is 212 g/mol. The summed E-state index contributed by atoms with van der Waals surface area (Å²) < 4.78 is 0. The van der Waals surface area contributed by atoms with E-state index in [0.29, 0.717) is 5.92 Å². The van der Waals surface area contributed by atoms with Crippen LogP contribution in [0, 0.1) is 5.92 Å². The molecule has 0 saturated carbocycles. The lowest BCUT2D eigenvalue weighted by Gasteiger charge is -2.12. The van der Waals surface area contributed by atoms with E-state index in [9.17, 15) is 5.11 Å². The van der Waals surface area contributed by atoms with Crippen LogP contribution in [0.15, 0.2) is 36.4 Å². The summed E-state index contributed by atoms with van der Waals surface area (Å²) in [5.74, 6) is 0.347. The second-order valence-electron chi connectivity index (χ2n) is 4.46. The van der Waals surface area contributed by atoms with E-state index in [0.717, 1.165) is 26.2 Å².